The molecule has 0 heterocycles. The largest absolute Gasteiger partial charge is 0.494 e. The Balaban J connectivity index is 2.86. The second-order valence-electron chi connectivity index (χ2n) is 3.33. The molecule has 0 radical (unpaired) electrons. The summed E-state index contributed by atoms with van der Waals surface area (Å²) in [6.45, 7) is 2.55. The maximum Gasteiger partial charge on any atom is 0.122 e. The van der Waals surface area contributed by atoms with E-state index in [2.05, 4.69) is 15.9 Å². The standard InChI is InChI=1S/C11H16BrNO2/c1-2-15-11-4-3-9(12)5-8(11)6-10(13)7-14/h3-5,10,14H,2,6-7,13H2,1H3. The molecule has 4 heteroatoms. The number of halogens is 1. The first kappa shape index (κ1) is 12.5. The highest BCUT2D eigenvalue weighted by Gasteiger charge is 2.08. The highest BCUT2D eigenvalue weighted by atomic mass is 79.9. The molecule has 84 valence electrons. The summed E-state index contributed by atoms with van der Waals surface area (Å²) in [6, 6.07) is 5.57. The summed E-state index contributed by atoms with van der Waals surface area (Å²) in [6.07, 6.45) is 0.616. The Kier molecular flexibility index (Phi) is 5.08. The monoisotopic (exact) mass is 273 g/mol. The maximum absolute atomic E-state index is 8.91. The van der Waals surface area contributed by atoms with E-state index in [1.165, 1.54) is 0 Å². The van der Waals surface area contributed by atoms with Crippen LogP contribution >= 0.6 is 15.9 Å². The Morgan fingerprint density at radius 1 is 1.53 bits per heavy atom. The molecule has 0 saturated heterocycles. The summed E-state index contributed by atoms with van der Waals surface area (Å²) < 4.78 is 6.47. The molecule has 3 nitrogen and oxygen atoms in total. The fourth-order valence-electron chi connectivity index (χ4n) is 1.35. The van der Waals surface area contributed by atoms with E-state index >= 15 is 0 Å². The van der Waals surface area contributed by atoms with Gasteiger partial charge in [-0.05, 0) is 37.1 Å². The van der Waals surface area contributed by atoms with Crippen LogP contribution < -0.4 is 10.5 Å². The molecule has 0 fully saturated rings. The van der Waals surface area contributed by atoms with Crippen molar-refractivity contribution in [2.75, 3.05) is 13.2 Å². The minimum Gasteiger partial charge on any atom is -0.494 e. The topological polar surface area (TPSA) is 55.5 Å². The number of benzene rings is 1. The summed E-state index contributed by atoms with van der Waals surface area (Å²) in [4.78, 5) is 0. The molecule has 0 aliphatic carbocycles. The van der Waals surface area contributed by atoms with Crippen LogP contribution in [0.4, 0.5) is 0 Å². The second kappa shape index (κ2) is 6.10. The molecular weight excluding hydrogens is 258 g/mol. The van der Waals surface area contributed by atoms with Crippen LogP contribution in [0.25, 0.3) is 0 Å². The zero-order valence-electron chi connectivity index (χ0n) is 8.74. The Labute approximate surface area is 98.4 Å². The van der Waals surface area contributed by atoms with E-state index in [-0.39, 0.29) is 12.6 Å². The molecule has 0 bridgehead atoms. The van der Waals surface area contributed by atoms with Crippen molar-refractivity contribution in [3.8, 4) is 5.75 Å². The van der Waals surface area contributed by atoms with Crippen LogP contribution in [0.15, 0.2) is 22.7 Å². The van der Waals surface area contributed by atoms with Crippen molar-refractivity contribution in [3.63, 3.8) is 0 Å². The van der Waals surface area contributed by atoms with Gasteiger partial charge in [-0.2, -0.15) is 0 Å². The van der Waals surface area contributed by atoms with Gasteiger partial charge in [-0.3, -0.25) is 0 Å². The van der Waals surface area contributed by atoms with E-state index in [0.29, 0.717) is 13.0 Å². The summed E-state index contributed by atoms with van der Waals surface area (Å²) in [7, 11) is 0. The van der Waals surface area contributed by atoms with Crippen LogP contribution in [0.3, 0.4) is 0 Å². The van der Waals surface area contributed by atoms with Crippen LogP contribution in [0.2, 0.25) is 0 Å². The minimum atomic E-state index is -0.237. The van der Waals surface area contributed by atoms with Crippen LogP contribution in [-0.2, 0) is 6.42 Å². The number of ether oxygens (including phenoxy) is 1. The predicted octanol–water partition coefficient (Wildman–Crippen LogP) is 1.71. The Morgan fingerprint density at radius 2 is 2.27 bits per heavy atom. The van der Waals surface area contributed by atoms with Crippen molar-refractivity contribution in [1.82, 2.24) is 0 Å². The molecule has 0 amide bonds. The van der Waals surface area contributed by atoms with Crippen molar-refractivity contribution in [2.24, 2.45) is 5.73 Å². The molecule has 0 aliphatic heterocycles. The van der Waals surface area contributed by atoms with E-state index in [4.69, 9.17) is 15.6 Å². The first-order chi connectivity index (χ1) is 7.17. The molecule has 15 heavy (non-hydrogen) atoms. The lowest BCUT2D eigenvalue weighted by molar-refractivity contribution is 0.263. The fourth-order valence-corrected chi connectivity index (χ4v) is 1.76. The van der Waals surface area contributed by atoms with Crippen molar-refractivity contribution in [1.29, 1.82) is 0 Å². The average molecular weight is 274 g/mol. The molecule has 1 aromatic carbocycles. The SMILES string of the molecule is CCOc1ccc(Br)cc1CC(N)CO. The molecule has 0 spiro atoms. The normalized spacial score (nSPS) is 12.5. The van der Waals surface area contributed by atoms with E-state index in [1.54, 1.807) is 0 Å². The number of aliphatic hydroxyl groups is 1. The van der Waals surface area contributed by atoms with Crippen molar-refractivity contribution >= 4 is 15.9 Å². The van der Waals surface area contributed by atoms with Gasteiger partial charge in [0, 0.05) is 10.5 Å². The van der Waals surface area contributed by atoms with Gasteiger partial charge in [0.25, 0.3) is 0 Å². The minimum absolute atomic E-state index is 0.0158. The van der Waals surface area contributed by atoms with Gasteiger partial charge in [-0.1, -0.05) is 15.9 Å². The molecule has 0 saturated carbocycles. The average Bonchev–Trinajstić information content (AvgIpc) is 2.22. The van der Waals surface area contributed by atoms with Crippen LogP contribution in [0.1, 0.15) is 12.5 Å². The fraction of sp³-hybridized carbons (Fsp3) is 0.455. The van der Waals surface area contributed by atoms with Crippen molar-refractivity contribution < 1.29 is 9.84 Å². The number of rotatable bonds is 5. The third kappa shape index (κ3) is 3.81. The molecule has 0 aliphatic rings. The van der Waals surface area contributed by atoms with Crippen molar-refractivity contribution in [3.05, 3.63) is 28.2 Å². The second-order valence-corrected chi connectivity index (χ2v) is 4.25. The van der Waals surface area contributed by atoms with Crippen LogP contribution in [-0.4, -0.2) is 24.4 Å². The molecule has 1 rings (SSSR count). The number of hydrogen-bond donors (Lipinski definition) is 2. The highest BCUT2D eigenvalue weighted by Crippen LogP contribution is 2.24. The lowest BCUT2D eigenvalue weighted by atomic mass is 10.1. The van der Waals surface area contributed by atoms with Crippen LogP contribution in [0.5, 0.6) is 5.75 Å². The first-order valence-electron chi connectivity index (χ1n) is 4.95. The van der Waals surface area contributed by atoms with Gasteiger partial charge < -0.3 is 15.6 Å². The maximum atomic E-state index is 8.91. The summed E-state index contributed by atoms with van der Waals surface area (Å²) in [5.41, 5.74) is 6.72. The first-order valence-corrected chi connectivity index (χ1v) is 5.74. The lowest BCUT2D eigenvalue weighted by Gasteiger charge is -2.13. The predicted molar refractivity (Wildman–Crippen MR) is 64.1 cm³/mol. The van der Waals surface area contributed by atoms with Gasteiger partial charge in [-0.25, -0.2) is 0 Å². The molecule has 1 atom stereocenters. The van der Waals surface area contributed by atoms with Gasteiger partial charge in [0.2, 0.25) is 0 Å². The number of aliphatic hydroxyl groups excluding tert-OH is 1. The summed E-state index contributed by atoms with van der Waals surface area (Å²) in [5.74, 6) is 0.838. The molecule has 1 aromatic rings. The summed E-state index contributed by atoms with van der Waals surface area (Å²) >= 11 is 3.40. The quantitative estimate of drug-likeness (QED) is 0.859. The molecule has 0 aromatic heterocycles. The number of hydrogen-bond acceptors (Lipinski definition) is 3. The van der Waals surface area contributed by atoms with E-state index < -0.39 is 0 Å². The number of nitrogens with two attached hydrogens (primary N) is 1. The molecule has 3 N–H and O–H groups in total. The Bertz CT molecular complexity index is 317. The highest BCUT2D eigenvalue weighted by molar-refractivity contribution is 9.10. The third-order valence-electron chi connectivity index (χ3n) is 2.04. The molecular formula is C11H16BrNO2. The van der Waals surface area contributed by atoms with Gasteiger partial charge in [-0.15, -0.1) is 0 Å². The van der Waals surface area contributed by atoms with Gasteiger partial charge in [0.1, 0.15) is 5.75 Å². The van der Waals surface area contributed by atoms with Gasteiger partial charge in [0.05, 0.1) is 13.2 Å². The molecule has 1 unspecified atom stereocenters. The van der Waals surface area contributed by atoms with E-state index in [0.717, 1.165) is 15.8 Å². The Morgan fingerprint density at radius 3 is 2.87 bits per heavy atom. The zero-order chi connectivity index (χ0) is 11.3. The van der Waals surface area contributed by atoms with E-state index in [9.17, 15) is 0 Å². The van der Waals surface area contributed by atoms with Gasteiger partial charge in [0.15, 0.2) is 0 Å². The van der Waals surface area contributed by atoms with Gasteiger partial charge >= 0.3 is 0 Å². The Hall–Kier alpha value is -0.580. The third-order valence-corrected chi connectivity index (χ3v) is 2.53. The summed E-state index contributed by atoms with van der Waals surface area (Å²) in [5, 5.41) is 8.91. The van der Waals surface area contributed by atoms with Crippen molar-refractivity contribution in [2.45, 2.75) is 19.4 Å². The lowest BCUT2D eigenvalue weighted by Crippen LogP contribution is -2.27. The van der Waals surface area contributed by atoms with E-state index in [1.807, 2.05) is 25.1 Å². The van der Waals surface area contributed by atoms with Crippen LogP contribution in [0, 0.1) is 0 Å². The zero-order valence-corrected chi connectivity index (χ0v) is 10.3. The smallest absolute Gasteiger partial charge is 0.122 e.